The van der Waals surface area contributed by atoms with Crippen LogP contribution in [0, 0.1) is 0 Å². The highest BCUT2D eigenvalue weighted by molar-refractivity contribution is 5.80. The second-order valence-electron chi connectivity index (χ2n) is 4.90. The molecule has 0 unspecified atom stereocenters. The van der Waals surface area contributed by atoms with Gasteiger partial charge in [-0.25, -0.2) is 0 Å². The van der Waals surface area contributed by atoms with Gasteiger partial charge in [-0.1, -0.05) is 25.5 Å². The van der Waals surface area contributed by atoms with Crippen LogP contribution in [0.3, 0.4) is 0 Å². The van der Waals surface area contributed by atoms with Crippen molar-refractivity contribution in [2.24, 2.45) is 0 Å². The summed E-state index contributed by atoms with van der Waals surface area (Å²) in [6, 6.07) is 8.81. The van der Waals surface area contributed by atoms with E-state index in [-0.39, 0.29) is 0 Å². The van der Waals surface area contributed by atoms with Gasteiger partial charge in [-0.15, -0.1) is 0 Å². The third kappa shape index (κ3) is 3.82. The fraction of sp³-hybridized carbons (Fsp3) is 0.500. The third-order valence-electron chi connectivity index (χ3n) is 3.34. The van der Waals surface area contributed by atoms with Gasteiger partial charge in [0, 0.05) is 31.4 Å². The number of hydrogen-bond donors (Lipinski definition) is 1. The number of rotatable bonds is 8. The largest absolute Gasteiger partial charge is 0.380 e. The Labute approximate surface area is 115 Å². The predicted octanol–water partition coefficient (Wildman–Crippen LogP) is 3.18. The molecule has 0 spiro atoms. The molecular formula is C16H24N2O. The molecule has 0 bridgehead atoms. The van der Waals surface area contributed by atoms with Gasteiger partial charge in [-0.05, 0) is 36.6 Å². The van der Waals surface area contributed by atoms with Crippen LogP contribution in [-0.4, -0.2) is 24.8 Å². The van der Waals surface area contributed by atoms with E-state index in [0.29, 0.717) is 0 Å². The van der Waals surface area contributed by atoms with Crippen molar-refractivity contribution in [3.8, 4) is 0 Å². The van der Waals surface area contributed by atoms with Crippen LogP contribution in [0.4, 0.5) is 0 Å². The molecule has 1 heterocycles. The summed E-state index contributed by atoms with van der Waals surface area (Å²) in [6.45, 7) is 5.69. The van der Waals surface area contributed by atoms with Gasteiger partial charge < -0.3 is 14.6 Å². The Hall–Kier alpha value is -1.32. The monoisotopic (exact) mass is 260 g/mol. The van der Waals surface area contributed by atoms with Crippen molar-refractivity contribution in [3.05, 3.63) is 36.0 Å². The summed E-state index contributed by atoms with van der Waals surface area (Å²) in [5, 5.41) is 4.49. The predicted molar refractivity (Wildman–Crippen MR) is 80.4 cm³/mol. The Kier molecular flexibility index (Phi) is 5.43. The minimum atomic E-state index is 0.792. The summed E-state index contributed by atoms with van der Waals surface area (Å²) < 4.78 is 7.92. The molecule has 0 aliphatic heterocycles. The summed E-state index contributed by atoms with van der Waals surface area (Å²) in [5.74, 6) is 0. The van der Waals surface area contributed by atoms with E-state index in [1.807, 2.05) is 7.05 Å². The quantitative estimate of drug-likeness (QED) is 0.738. The van der Waals surface area contributed by atoms with Gasteiger partial charge in [0.1, 0.15) is 0 Å². The molecule has 0 fully saturated rings. The molecule has 0 amide bonds. The molecule has 2 aromatic rings. The van der Waals surface area contributed by atoms with E-state index in [2.05, 4.69) is 47.3 Å². The average Bonchev–Trinajstić information content (AvgIpc) is 2.82. The summed E-state index contributed by atoms with van der Waals surface area (Å²) in [7, 11) is 1.98. The fourth-order valence-electron chi connectivity index (χ4n) is 2.25. The van der Waals surface area contributed by atoms with Crippen LogP contribution in [-0.2, 0) is 17.8 Å². The minimum absolute atomic E-state index is 0.792. The van der Waals surface area contributed by atoms with Gasteiger partial charge in [0.15, 0.2) is 0 Å². The Morgan fingerprint density at radius 2 is 2.11 bits per heavy atom. The second-order valence-corrected chi connectivity index (χ2v) is 4.90. The lowest BCUT2D eigenvalue weighted by molar-refractivity contribution is 0.124. The number of fused-ring (bicyclic) bond motifs is 1. The van der Waals surface area contributed by atoms with Crippen LogP contribution in [0.15, 0.2) is 30.5 Å². The molecule has 0 aliphatic rings. The SMILES string of the molecule is CCCCOCCn1ccc2ccc(CNC)cc21. The third-order valence-corrected chi connectivity index (χ3v) is 3.34. The van der Waals surface area contributed by atoms with E-state index in [9.17, 15) is 0 Å². The Morgan fingerprint density at radius 1 is 1.21 bits per heavy atom. The zero-order valence-corrected chi connectivity index (χ0v) is 12.0. The van der Waals surface area contributed by atoms with Crippen LogP contribution >= 0.6 is 0 Å². The molecule has 0 saturated heterocycles. The van der Waals surface area contributed by atoms with E-state index < -0.39 is 0 Å². The van der Waals surface area contributed by atoms with Crippen LogP contribution in [0.5, 0.6) is 0 Å². The van der Waals surface area contributed by atoms with E-state index in [0.717, 1.165) is 32.7 Å². The number of nitrogens with one attached hydrogen (secondary N) is 1. The van der Waals surface area contributed by atoms with Crippen molar-refractivity contribution < 1.29 is 4.74 Å². The smallest absolute Gasteiger partial charge is 0.0645 e. The normalized spacial score (nSPS) is 11.3. The lowest BCUT2D eigenvalue weighted by Crippen LogP contribution is -2.07. The highest BCUT2D eigenvalue weighted by Crippen LogP contribution is 2.17. The minimum Gasteiger partial charge on any atom is -0.380 e. The van der Waals surface area contributed by atoms with Gasteiger partial charge in [0.25, 0.3) is 0 Å². The molecule has 1 N–H and O–H groups in total. The summed E-state index contributed by atoms with van der Waals surface area (Å²) >= 11 is 0. The number of unbranched alkanes of at least 4 members (excludes halogenated alkanes) is 1. The van der Waals surface area contributed by atoms with Crippen LogP contribution in [0.25, 0.3) is 10.9 Å². The standard InChI is InChI=1S/C16H24N2O/c1-3-4-10-19-11-9-18-8-7-15-6-5-14(13-17-2)12-16(15)18/h5-8,12,17H,3-4,9-11,13H2,1-2H3. The van der Waals surface area contributed by atoms with E-state index in [1.54, 1.807) is 0 Å². The molecule has 19 heavy (non-hydrogen) atoms. The summed E-state index contributed by atoms with van der Waals surface area (Å²) in [4.78, 5) is 0. The van der Waals surface area contributed by atoms with Crippen molar-refractivity contribution in [2.45, 2.75) is 32.9 Å². The Balaban J connectivity index is 1.99. The van der Waals surface area contributed by atoms with Crippen molar-refractivity contribution in [3.63, 3.8) is 0 Å². The van der Waals surface area contributed by atoms with Gasteiger partial charge in [-0.2, -0.15) is 0 Å². The first kappa shape index (κ1) is 14.1. The molecule has 0 saturated carbocycles. The molecule has 1 aromatic carbocycles. The Morgan fingerprint density at radius 3 is 2.89 bits per heavy atom. The number of aromatic nitrogens is 1. The molecule has 104 valence electrons. The molecule has 1 aromatic heterocycles. The molecule has 0 radical (unpaired) electrons. The van der Waals surface area contributed by atoms with Gasteiger partial charge in [-0.3, -0.25) is 0 Å². The van der Waals surface area contributed by atoms with Gasteiger partial charge >= 0.3 is 0 Å². The maximum atomic E-state index is 5.64. The molecule has 0 atom stereocenters. The first-order valence-corrected chi connectivity index (χ1v) is 7.15. The second kappa shape index (κ2) is 7.31. The molecule has 0 aliphatic carbocycles. The lowest BCUT2D eigenvalue weighted by atomic mass is 10.1. The topological polar surface area (TPSA) is 26.2 Å². The molecule has 3 heteroatoms. The summed E-state index contributed by atoms with van der Waals surface area (Å²) in [6.07, 6.45) is 4.50. The van der Waals surface area contributed by atoms with Crippen molar-refractivity contribution in [1.29, 1.82) is 0 Å². The van der Waals surface area contributed by atoms with Crippen LogP contribution < -0.4 is 5.32 Å². The number of hydrogen-bond acceptors (Lipinski definition) is 2. The van der Waals surface area contributed by atoms with Crippen molar-refractivity contribution >= 4 is 10.9 Å². The average molecular weight is 260 g/mol. The maximum absolute atomic E-state index is 5.64. The molecule has 3 nitrogen and oxygen atoms in total. The zero-order valence-electron chi connectivity index (χ0n) is 12.0. The van der Waals surface area contributed by atoms with E-state index >= 15 is 0 Å². The van der Waals surface area contributed by atoms with Crippen LogP contribution in [0.2, 0.25) is 0 Å². The fourth-order valence-corrected chi connectivity index (χ4v) is 2.25. The Bertz CT molecular complexity index is 504. The van der Waals surface area contributed by atoms with Gasteiger partial charge in [0.05, 0.1) is 6.61 Å². The maximum Gasteiger partial charge on any atom is 0.0645 e. The van der Waals surface area contributed by atoms with Crippen LogP contribution in [0.1, 0.15) is 25.3 Å². The number of benzene rings is 1. The van der Waals surface area contributed by atoms with E-state index in [4.69, 9.17) is 4.74 Å². The van der Waals surface area contributed by atoms with Gasteiger partial charge in [0.2, 0.25) is 0 Å². The highest BCUT2D eigenvalue weighted by atomic mass is 16.5. The zero-order chi connectivity index (χ0) is 13.5. The van der Waals surface area contributed by atoms with E-state index in [1.165, 1.54) is 22.9 Å². The van der Waals surface area contributed by atoms with Crippen molar-refractivity contribution in [1.82, 2.24) is 9.88 Å². The number of ether oxygens (including phenoxy) is 1. The first-order valence-electron chi connectivity index (χ1n) is 7.15. The molecular weight excluding hydrogens is 236 g/mol. The first-order chi connectivity index (χ1) is 9.35. The molecule has 2 rings (SSSR count). The lowest BCUT2D eigenvalue weighted by Gasteiger charge is -2.08. The summed E-state index contributed by atoms with van der Waals surface area (Å²) in [5.41, 5.74) is 2.62. The highest BCUT2D eigenvalue weighted by Gasteiger charge is 2.02. The number of nitrogens with zero attached hydrogens (tertiary/aromatic N) is 1. The van der Waals surface area contributed by atoms with Crippen molar-refractivity contribution in [2.75, 3.05) is 20.3 Å².